The molecule has 0 unspecified atom stereocenters. The molecule has 0 aliphatic heterocycles. The SMILES string of the molecule is COc1ccc(N)c(NC(=O)c2cccc(OC3CCCC3)c2)c1.Cl. The zero-order valence-electron chi connectivity index (χ0n) is 14.2. The summed E-state index contributed by atoms with van der Waals surface area (Å²) in [6.07, 6.45) is 4.84. The minimum Gasteiger partial charge on any atom is -0.497 e. The number of nitrogens with two attached hydrogens (primary N) is 1. The average Bonchev–Trinajstić information content (AvgIpc) is 3.10. The van der Waals surface area contributed by atoms with E-state index in [9.17, 15) is 4.79 Å². The molecule has 0 spiro atoms. The third kappa shape index (κ3) is 4.79. The monoisotopic (exact) mass is 362 g/mol. The fourth-order valence-electron chi connectivity index (χ4n) is 2.87. The van der Waals surface area contributed by atoms with Crippen LogP contribution >= 0.6 is 12.4 Å². The topological polar surface area (TPSA) is 73.6 Å². The predicted molar refractivity (Wildman–Crippen MR) is 102 cm³/mol. The van der Waals surface area contributed by atoms with Gasteiger partial charge in [-0.1, -0.05) is 6.07 Å². The van der Waals surface area contributed by atoms with E-state index in [1.165, 1.54) is 12.8 Å². The van der Waals surface area contributed by atoms with Crippen LogP contribution in [0.2, 0.25) is 0 Å². The molecule has 2 aromatic rings. The predicted octanol–water partition coefficient (Wildman–Crippen LogP) is 4.27. The number of carbonyl (C=O) groups excluding carboxylic acids is 1. The van der Waals surface area contributed by atoms with Gasteiger partial charge >= 0.3 is 0 Å². The van der Waals surface area contributed by atoms with Gasteiger partial charge in [-0.2, -0.15) is 0 Å². The van der Waals surface area contributed by atoms with Gasteiger partial charge in [-0.15, -0.1) is 12.4 Å². The van der Waals surface area contributed by atoms with Crippen molar-refractivity contribution in [3.05, 3.63) is 48.0 Å². The number of hydrogen-bond donors (Lipinski definition) is 2. The van der Waals surface area contributed by atoms with Crippen LogP contribution < -0.4 is 20.5 Å². The molecule has 1 aliphatic rings. The van der Waals surface area contributed by atoms with E-state index in [2.05, 4.69) is 5.32 Å². The molecule has 3 N–H and O–H groups in total. The Morgan fingerprint density at radius 3 is 2.60 bits per heavy atom. The van der Waals surface area contributed by atoms with Crippen molar-refractivity contribution in [3.8, 4) is 11.5 Å². The normalized spacial score (nSPS) is 13.8. The first-order valence-corrected chi connectivity index (χ1v) is 8.17. The summed E-state index contributed by atoms with van der Waals surface area (Å²) in [6.45, 7) is 0. The van der Waals surface area contributed by atoms with E-state index in [0.29, 0.717) is 22.7 Å². The van der Waals surface area contributed by atoms with Gasteiger partial charge in [-0.05, 0) is 56.0 Å². The minimum atomic E-state index is -0.230. The molecule has 0 radical (unpaired) electrons. The molecule has 0 aromatic heterocycles. The van der Waals surface area contributed by atoms with E-state index in [4.69, 9.17) is 15.2 Å². The number of nitrogen functional groups attached to an aromatic ring is 1. The molecule has 134 valence electrons. The maximum absolute atomic E-state index is 12.5. The van der Waals surface area contributed by atoms with Crippen molar-refractivity contribution >= 4 is 29.7 Å². The molecular weight excluding hydrogens is 340 g/mol. The molecule has 5 nitrogen and oxygen atoms in total. The summed E-state index contributed by atoms with van der Waals surface area (Å²) < 4.78 is 11.1. The Bertz CT molecular complexity index is 730. The van der Waals surface area contributed by atoms with Crippen LogP contribution in [-0.4, -0.2) is 19.1 Å². The summed E-state index contributed by atoms with van der Waals surface area (Å²) >= 11 is 0. The number of rotatable bonds is 5. The van der Waals surface area contributed by atoms with Gasteiger partial charge in [0.25, 0.3) is 5.91 Å². The zero-order chi connectivity index (χ0) is 16.9. The van der Waals surface area contributed by atoms with Crippen molar-refractivity contribution in [2.45, 2.75) is 31.8 Å². The molecule has 1 aliphatic carbocycles. The van der Waals surface area contributed by atoms with Gasteiger partial charge in [0, 0.05) is 11.6 Å². The third-order valence-corrected chi connectivity index (χ3v) is 4.21. The lowest BCUT2D eigenvalue weighted by molar-refractivity contribution is 0.102. The van der Waals surface area contributed by atoms with Gasteiger partial charge < -0.3 is 20.5 Å². The third-order valence-electron chi connectivity index (χ3n) is 4.21. The molecule has 1 saturated carbocycles. The first-order chi connectivity index (χ1) is 11.7. The van der Waals surface area contributed by atoms with E-state index in [0.717, 1.165) is 18.6 Å². The molecule has 0 bridgehead atoms. The molecule has 0 saturated heterocycles. The second kappa shape index (κ2) is 8.62. The maximum Gasteiger partial charge on any atom is 0.255 e. The van der Waals surface area contributed by atoms with E-state index in [1.54, 1.807) is 37.4 Å². The summed E-state index contributed by atoms with van der Waals surface area (Å²) in [4.78, 5) is 12.5. The first kappa shape index (κ1) is 18.9. The number of nitrogens with one attached hydrogen (secondary N) is 1. The van der Waals surface area contributed by atoms with Crippen LogP contribution in [-0.2, 0) is 0 Å². The van der Waals surface area contributed by atoms with Crippen molar-refractivity contribution in [2.75, 3.05) is 18.2 Å². The van der Waals surface area contributed by atoms with Crippen molar-refractivity contribution in [3.63, 3.8) is 0 Å². The van der Waals surface area contributed by atoms with Crippen LogP contribution in [0.25, 0.3) is 0 Å². The molecule has 3 rings (SSSR count). The van der Waals surface area contributed by atoms with Gasteiger partial charge in [0.1, 0.15) is 11.5 Å². The quantitative estimate of drug-likeness (QED) is 0.779. The number of halogens is 1. The van der Waals surface area contributed by atoms with Crippen LogP contribution in [0.15, 0.2) is 42.5 Å². The van der Waals surface area contributed by atoms with Crippen LogP contribution in [0.3, 0.4) is 0 Å². The molecule has 2 aromatic carbocycles. The number of ether oxygens (including phenoxy) is 2. The second-order valence-corrected chi connectivity index (χ2v) is 5.96. The molecule has 6 heteroatoms. The number of amides is 1. The highest BCUT2D eigenvalue weighted by Crippen LogP contribution is 2.27. The Morgan fingerprint density at radius 1 is 1.12 bits per heavy atom. The molecule has 25 heavy (non-hydrogen) atoms. The molecule has 0 heterocycles. The highest BCUT2D eigenvalue weighted by molar-refractivity contribution is 6.06. The smallest absolute Gasteiger partial charge is 0.255 e. The van der Waals surface area contributed by atoms with Crippen LogP contribution in [0.4, 0.5) is 11.4 Å². The van der Waals surface area contributed by atoms with Gasteiger partial charge in [-0.25, -0.2) is 0 Å². The molecular formula is C19H23ClN2O3. The van der Waals surface area contributed by atoms with E-state index < -0.39 is 0 Å². The Balaban J connectivity index is 0.00000225. The lowest BCUT2D eigenvalue weighted by Gasteiger charge is -2.14. The number of anilines is 2. The summed E-state index contributed by atoms with van der Waals surface area (Å²) in [5.74, 6) is 1.14. The van der Waals surface area contributed by atoms with E-state index in [-0.39, 0.29) is 24.4 Å². The number of carbonyl (C=O) groups is 1. The van der Waals surface area contributed by atoms with E-state index >= 15 is 0 Å². The number of hydrogen-bond acceptors (Lipinski definition) is 4. The fraction of sp³-hybridized carbons (Fsp3) is 0.316. The van der Waals surface area contributed by atoms with Gasteiger partial charge in [0.15, 0.2) is 0 Å². The summed E-state index contributed by atoms with van der Waals surface area (Å²) in [6, 6.07) is 12.4. The standard InChI is InChI=1S/C19H22N2O3.ClH/c1-23-15-9-10-17(20)18(12-15)21-19(22)13-5-4-8-16(11-13)24-14-6-2-3-7-14;/h4-5,8-12,14H,2-3,6-7,20H2,1H3,(H,21,22);1H. The summed E-state index contributed by atoms with van der Waals surface area (Å²) in [5.41, 5.74) is 7.47. The number of methoxy groups -OCH3 is 1. The van der Waals surface area contributed by atoms with Crippen molar-refractivity contribution in [2.24, 2.45) is 0 Å². The Labute approximate surface area is 153 Å². The molecule has 1 fully saturated rings. The summed E-state index contributed by atoms with van der Waals surface area (Å²) in [5, 5.41) is 2.82. The van der Waals surface area contributed by atoms with Crippen molar-refractivity contribution in [1.29, 1.82) is 0 Å². The van der Waals surface area contributed by atoms with Gasteiger partial charge in [0.2, 0.25) is 0 Å². The highest BCUT2D eigenvalue weighted by atomic mass is 35.5. The second-order valence-electron chi connectivity index (χ2n) is 5.96. The van der Waals surface area contributed by atoms with Gasteiger partial charge in [-0.3, -0.25) is 4.79 Å². The van der Waals surface area contributed by atoms with E-state index in [1.807, 2.05) is 12.1 Å². The van der Waals surface area contributed by atoms with Crippen molar-refractivity contribution in [1.82, 2.24) is 0 Å². The summed E-state index contributed by atoms with van der Waals surface area (Å²) in [7, 11) is 1.57. The zero-order valence-corrected chi connectivity index (χ0v) is 15.0. The minimum absolute atomic E-state index is 0. The fourth-order valence-corrected chi connectivity index (χ4v) is 2.87. The highest BCUT2D eigenvalue weighted by Gasteiger charge is 2.17. The Hall–Kier alpha value is -2.40. The number of benzene rings is 2. The maximum atomic E-state index is 12.5. The lowest BCUT2D eigenvalue weighted by atomic mass is 10.2. The van der Waals surface area contributed by atoms with Gasteiger partial charge in [0.05, 0.1) is 24.6 Å². The Kier molecular flexibility index (Phi) is 6.53. The van der Waals surface area contributed by atoms with Crippen LogP contribution in [0.1, 0.15) is 36.0 Å². The first-order valence-electron chi connectivity index (χ1n) is 8.17. The average molecular weight is 363 g/mol. The lowest BCUT2D eigenvalue weighted by Crippen LogP contribution is -2.14. The largest absolute Gasteiger partial charge is 0.497 e. The molecule has 0 atom stereocenters. The Morgan fingerprint density at radius 2 is 1.88 bits per heavy atom. The van der Waals surface area contributed by atoms with Crippen LogP contribution in [0.5, 0.6) is 11.5 Å². The molecule has 1 amide bonds. The van der Waals surface area contributed by atoms with Crippen LogP contribution in [0, 0.1) is 0 Å². The van der Waals surface area contributed by atoms with Crippen molar-refractivity contribution < 1.29 is 14.3 Å².